The summed E-state index contributed by atoms with van der Waals surface area (Å²) < 4.78 is 0. The number of pyridine rings is 1. The molecule has 2 heteroatoms. The van der Waals surface area contributed by atoms with Crippen molar-refractivity contribution in [2.24, 2.45) is 17.8 Å². The fourth-order valence-corrected chi connectivity index (χ4v) is 3.53. The first-order chi connectivity index (χ1) is 8.20. The second kappa shape index (κ2) is 5.63. The van der Waals surface area contributed by atoms with E-state index in [1.165, 1.54) is 24.8 Å². The minimum Gasteiger partial charge on any atom is -0.313 e. The summed E-state index contributed by atoms with van der Waals surface area (Å²) in [5, 5.41) is 3.50. The van der Waals surface area contributed by atoms with Crippen LogP contribution in [0.1, 0.15) is 44.7 Å². The van der Waals surface area contributed by atoms with E-state index in [4.69, 9.17) is 0 Å². The number of rotatable bonds is 3. The lowest BCUT2D eigenvalue weighted by molar-refractivity contribution is 0.180. The van der Waals surface area contributed by atoms with Crippen LogP contribution in [-0.4, -0.2) is 12.0 Å². The molecule has 1 aliphatic carbocycles. The lowest BCUT2D eigenvalue weighted by Gasteiger charge is -2.36. The van der Waals surface area contributed by atoms with Crippen molar-refractivity contribution in [3.8, 4) is 0 Å². The Labute approximate surface area is 105 Å². The number of nitrogens with one attached hydrogen (secondary N) is 1. The van der Waals surface area contributed by atoms with Gasteiger partial charge in [0.2, 0.25) is 0 Å². The van der Waals surface area contributed by atoms with Crippen LogP contribution in [0.2, 0.25) is 0 Å². The first-order valence-electron chi connectivity index (χ1n) is 6.78. The highest BCUT2D eigenvalue weighted by atomic mass is 14.9. The zero-order valence-electron chi connectivity index (χ0n) is 11.2. The zero-order chi connectivity index (χ0) is 12.3. The fourth-order valence-electron chi connectivity index (χ4n) is 3.53. The molecule has 0 bridgehead atoms. The summed E-state index contributed by atoms with van der Waals surface area (Å²) >= 11 is 0. The topological polar surface area (TPSA) is 24.9 Å². The van der Waals surface area contributed by atoms with Crippen molar-refractivity contribution in [3.05, 3.63) is 30.1 Å². The lowest BCUT2D eigenvalue weighted by atomic mass is 9.72. The largest absolute Gasteiger partial charge is 0.313 e. The summed E-state index contributed by atoms with van der Waals surface area (Å²) in [6.45, 7) is 4.78. The van der Waals surface area contributed by atoms with E-state index in [0.29, 0.717) is 6.04 Å². The van der Waals surface area contributed by atoms with Gasteiger partial charge in [-0.25, -0.2) is 0 Å². The molecule has 1 fully saturated rings. The molecule has 1 aromatic rings. The summed E-state index contributed by atoms with van der Waals surface area (Å²) in [6.07, 6.45) is 7.88. The molecule has 17 heavy (non-hydrogen) atoms. The summed E-state index contributed by atoms with van der Waals surface area (Å²) in [6, 6.07) is 4.78. The molecule has 2 nitrogen and oxygen atoms in total. The standard InChI is InChI=1S/C15H24N2/c1-11-8-12(2)10-14(9-11)15(16-3)13-4-6-17-7-5-13/h4-7,11-12,14-16H,8-10H2,1-3H3. The molecule has 1 heterocycles. The van der Waals surface area contributed by atoms with E-state index >= 15 is 0 Å². The van der Waals surface area contributed by atoms with E-state index in [1.807, 2.05) is 12.4 Å². The summed E-state index contributed by atoms with van der Waals surface area (Å²) in [7, 11) is 2.08. The molecule has 1 N–H and O–H groups in total. The molecule has 94 valence electrons. The predicted octanol–water partition coefficient (Wildman–Crippen LogP) is 3.41. The van der Waals surface area contributed by atoms with Crippen LogP contribution >= 0.6 is 0 Å². The van der Waals surface area contributed by atoms with Gasteiger partial charge < -0.3 is 5.32 Å². The van der Waals surface area contributed by atoms with Gasteiger partial charge in [-0.05, 0) is 61.8 Å². The molecule has 1 saturated carbocycles. The number of nitrogens with zero attached hydrogens (tertiary/aromatic N) is 1. The number of aromatic nitrogens is 1. The minimum absolute atomic E-state index is 0.489. The Morgan fingerprint density at radius 2 is 1.71 bits per heavy atom. The monoisotopic (exact) mass is 232 g/mol. The van der Waals surface area contributed by atoms with Crippen molar-refractivity contribution in [2.45, 2.75) is 39.2 Å². The molecule has 0 amide bonds. The molecule has 0 aromatic carbocycles. The maximum Gasteiger partial charge on any atom is 0.0347 e. The molecule has 1 aliphatic rings. The Balaban J connectivity index is 2.13. The van der Waals surface area contributed by atoms with E-state index in [-0.39, 0.29) is 0 Å². The fraction of sp³-hybridized carbons (Fsp3) is 0.667. The molecule has 0 saturated heterocycles. The highest BCUT2D eigenvalue weighted by Gasteiger charge is 2.29. The van der Waals surface area contributed by atoms with Gasteiger partial charge in [0.1, 0.15) is 0 Å². The molecular weight excluding hydrogens is 208 g/mol. The maximum atomic E-state index is 4.11. The van der Waals surface area contributed by atoms with Gasteiger partial charge in [0.05, 0.1) is 0 Å². The van der Waals surface area contributed by atoms with Gasteiger partial charge >= 0.3 is 0 Å². The Bertz CT molecular complexity index is 326. The Hall–Kier alpha value is -0.890. The van der Waals surface area contributed by atoms with Crippen LogP contribution in [0.25, 0.3) is 0 Å². The van der Waals surface area contributed by atoms with Crippen LogP contribution in [0.4, 0.5) is 0 Å². The predicted molar refractivity (Wildman–Crippen MR) is 71.7 cm³/mol. The van der Waals surface area contributed by atoms with E-state index in [1.54, 1.807) is 0 Å². The van der Waals surface area contributed by atoms with Gasteiger partial charge in [-0.15, -0.1) is 0 Å². The Kier molecular flexibility index (Phi) is 4.16. The zero-order valence-corrected chi connectivity index (χ0v) is 11.2. The van der Waals surface area contributed by atoms with Crippen molar-refractivity contribution >= 4 is 0 Å². The van der Waals surface area contributed by atoms with Crippen molar-refractivity contribution in [1.82, 2.24) is 10.3 Å². The van der Waals surface area contributed by atoms with Crippen LogP contribution in [0, 0.1) is 17.8 Å². The summed E-state index contributed by atoms with van der Waals surface area (Å²) in [5.41, 5.74) is 1.38. The van der Waals surface area contributed by atoms with Crippen molar-refractivity contribution in [3.63, 3.8) is 0 Å². The molecule has 1 aromatic heterocycles. The van der Waals surface area contributed by atoms with Crippen LogP contribution in [0.3, 0.4) is 0 Å². The lowest BCUT2D eigenvalue weighted by Crippen LogP contribution is -2.31. The molecule has 0 radical (unpaired) electrons. The molecule has 0 spiro atoms. The SMILES string of the molecule is CNC(c1ccncc1)C1CC(C)CC(C)C1. The van der Waals surface area contributed by atoms with E-state index in [9.17, 15) is 0 Å². The Morgan fingerprint density at radius 1 is 1.12 bits per heavy atom. The highest BCUT2D eigenvalue weighted by Crippen LogP contribution is 2.39. The number of hydrogen-bond acceptors (Lipinski definition) is 2. The normalized spacial score (nSPS) is 31.1. The second-order valence-corrected chi connectivity index (χ2v) is 5.72. The quantitative estimate of drug-likeness (QED) is 0.864. The minimum atomic E-state index is 0.489. The summed E-state index contributed by atoms with van der Waals surface area (Å²) in [4.78, 5) is 4.11. The average molecular weight is 232 g/mol. The van der Waals surface area contributed by atoms with Gasteiger partial charge in [-0.3, -0.25) is 4.98 Å². The van der Waals surface area contributed by atoms with Crippen LogP contribution in [0.5, 0.6) is 0 Å². The van der Waals surface area contributed by atoms with Gasteiger partial charge in [0, 0.05) is 18.4 Å². The average Bonchev–Trinajstić information content (AvgIpc) is 2.30. The number of hydrogen-bond donors (Lipinski definition) is 1. The third kappa shape index (κ3) is 3.06. The first kappa shape index (κ1) is 12.6. The smallest absolute Gasteiger partial charge is 0.0347 e. The summed E-state index contributed by atoms with van der Waals surface area (Å²) in [5.74, 6) is 2.49. The van der Waals surface area contributed by atoms with Crippen LogP contribution in [-0.2, 0) is 0 Å². The van der Waals surface area contributed by atoms with Crippen molar-refractivity contribution < 1.29 is 0 Å². The van der Waals surface area contributed by atoms with Crippen molar-refractivity contribution in [2.75, 3.05) is 7.05 Å². The van der Waals surface area contributed by atoms with Gasteiger partial charge in [0.15, 0.2) is 0 Å². The molecule has 3 atom stereocenters. The first-order valence-corrected chi connectivity index (χ1v) is 6.78. The molecular formula is C15H24N2. The van der Waals surface area contributed by atoms with E-state index in [0.717, 1.165) is 17.8 Å². The van der Waals surface area contributed by atoms with E-state index < -0.39 is 0 Å². The van der Waals surface area contributed by atoms with Crippen LogP contribution < -0.4 is 5.32 Å². The molecule has 0 aliphatic heterocycles. The maximum absolute atomic E-state index is 4.11. The van der Waals surface area contributed by atoms with Crippen LogP contribution in [0.15, 0.2) is 24.5 Å². The van der Waals surface area contributed by atoms with Gasteiger partial charge in [0.25, 0.3) is 0 Å². The second-order valence-electron chi connectivity index (χ2n) is 5.72. The molecule has 3 unspecified atom stereocenters. The third-order valence-electron chi connectivity index (χ3n) is 4.06. The van der Waals surface area contributed by atoms with Crippen molar-refractivity contribution in [1.29, 1.82) is 0 Å². The Morgan fingerprint density at radius 3 is 2.24 bits per heavy atom. The van der Waals surface area contributed by atoms with E-state index in [2.05, 4.69) is 43.3 Å². The molecule has 2 rings (SSSR count). The van der Waals surface area contributed by atoms with Gasteiger partial charge in [-0.2, -0.15) is 0 Å². The highest BCUT2D eigenvalue weighted by molar-refractivity contribution is 5.16. The van der Waals surface area contributed by atoms with Gasteiger partial charge in [-0.1, -0.05) is 13.8 Å². The third-order valence-corrected chi connectivity index (χ3v) is 4.06.